The largest absolute Gasteiger partial charge is 0.379 e. The van der Waals surface area contributed by atoms with Crippen LogP contribution < -0.4 is 5.32 Å². The van der Waals surface area contributed by atoms with E-state index in [2.05, 4.69) is 19.2 Å². The van der Waals surface area contributed by atoms with Crippen molar-refractivity contribution in [3.05, 3.63) is 0 Å². The van der Waals surface area contributed by atoms with Crippen LogP contribution in [0.15, 0.2) is 0 Å². The summed E-state index contributed by atoms with van der Waals surface area (Å²) in [5.74, 6) is 0.367. The molecule has 1 rings (SSSR count). The molecule has 1 aliphatic heterocycles. The van der Waals surface area contributed by atoms with Gasteiger partial charge in [-0.1, -0.05) is 34.6 Å². The highest BCUT2D eigenvalue weighted by atomic mass is 16.5. The highest BCUT2D eigenvalue weighted by Crippen LogP contribution is 2.23. The molecule has 0 spiro atoms. The highest BCUT2D eigenvalue weighted by molar-refractivity contribution is 5.95. The normalized spacial score (nSPS) is 20.9. The second-order valence-corrected chi connectivity index (χ2v) is 6.60. The van der Waals surface area contributed by atoms with E-state index in [0.717, 1.165) is 0 Å². The third-order valence-electron chi connectivity index (χ3n) is 3.02. The van der Waals surface area contributed by atoms with Gasteiger partial charge in [0, 0.05) is 13.2 Å². The molecular weight excluding hydrogens is 244 g/mol. The maximum atomic E-state index is 12.3. The second-order valence-electron chi connectivity index (χ2n) is 6.60. The van der Waals surface area contributed by atoms with Gasteiger partial charge in [0.1, 0.15) is 6.04 Å². The number of piperazine rings is 1. The molecular formula is C14H26N2O3. The van der Waals surface area contributed by atoms with E-state index in [0.29, 0.717) is 25.7 Å². The molecule has 0 saturated carbocycles. The standard InChI is InChI=1S/C14H26N2O3/c1-10(2)9-19-7-6-16-8-11(17)15-12(13(16)18)14(3,4)5/h10,12H,6-9H2,1-5H3,(H,15,17). The number of ether oxygens (including phenoxy) is 1. The Hall–Kier alpha value is -1.10. The first-order valence-corrected chi connectivity index (χ1v) is 6.87. The average Bonchev–Trinajstić information content (AvgIpc) is 2.26. The topological polar surface area (TPSA) is 58.6 Å². The Morgan fingerprint density at radius 3 is 2.53 bits per heavy atom. The zero-order chi connectivity index (χ0) is 14.6. The fourth-order valence-corrected chi connectivity index (χ4v) is 1.97. The zero-order valence-electron chi connectivity index (χ0n) is 12.7. The predicted molar refractivity (Wildman–Crippen MR) is 73.6 cm³/mol. The quantitative estimate of drug-likeness (QED) is 0.759. The summed E-state index contributed by atoms with van der Waals surface area (Å²) < 4.78 is 5.48. The molecule has 2 amide bonds. The molecule has 110 valence electrons. The monoisotopic (exact) mass is 270 g/mol. The molecule has 0 radical (unpaired) electrons. The molecule has 1 unspecified atom stereocenters. The molecule has 19 heavy (non-hydrogen) atoms. The SMILES string of the molecule is CC(C)COCCN1CC(=O)NC(C(C)(C)C)C1=O. The van der Waals surface area contributed by atoms with Gasteiger partial charge in [-0.15, -0.1) is 0 Å². The van der Waals surface area contributed by atoms with Crippen LogP contribution in [0.4, 0.5) is 0 Å². The number of nitrogens with one attached hydrogen (secondary N) is 1. The van der Waals surface area contributed by atoms with Gasteiger partial charge < -0.3 is 15.0 Å². The van der Waals surface area contributed by atoms with E-state index in [1.807, 2.05) is 20.8 Å². The summed E-state index contributed by atoms with van der Waals surface area (Å²) in [7, 11) is 0. The van der Waals surface area contributed by atoms with Crippen LogP contribution in [-0.4, -0.2) is 49.1 Å². The number of hydrogen-bond acceptors (Lipinski definition) is 3. The van der Waals surface area contributed by atoms with Crippen LogP contribution in [0.5, 0.6) is 0 Å². The smallest absolute Gasteiger partial charge is 0.246 e. The van der Waals surface area contributed by atoms with Crippen molar-refractivity contribution in [1.29, 1.82) is 0 Å². The number of hydrogen-bond donors (Lipinski definition) is 1. The molecule has 5 nitrogen and oxygen atoms in total. The van der Waals surface area contributed by atoms with Crippen molar-refractivity contribution in [1.82, 2.24) is 10.2 Å². The van der Waals surface area contributed by atoms with Crippen LogP contribution >= 0.6 is 0 Å². The van der Waals surface area contributed by atoms with E-state index < -0.39 is 6.04 Å². The summed E-state index contributed by atoms with van der Waals surface area (Å²) in [6.07, 6.45) is 0. The van der Waals surface area contributed by atoms with Crippen LogP contribution in [0.2, 0.25) is 0 Å². The van der Waals surface area contributed by atoms with Crippen molar-refractivity contribution in [2.75, 3.05) is 26.3 Å². The van der Waals surface area contributed by atoms with Gasteiger partial charge in [0.15, 0.2) is 0 Å². The molecule has 0 aromatic carbocycles. The lowest BCUT2D eigenvalue weighted by atomic mass is 9.85. The molecule has 0 bridgehead atoms. The first-order valence-electron chi connectivity index (χ1n) is 6.87. The van der Waals surface area contributed by atoms with Crippen LogP contribution in [-0.2, 0) is 14.3 Å². The molecule has 5 heteroatoms. The molecule has 0 aromatic heterocycles. The third kappa shape index (κ3) is 4.82. The highest BCUT2D eigenvalue weighted by Gasteiger charge is 2.39. The zero-order valence-corrected chi connectivity index (χ0v) is 12.7. The van der Waals surface area contributed by atoms with Crippen molar-refractivity contribution in [2.45, 2.75) is 40.7 Å². The number of nitrogens with zero attached hydrogens (tertiary/aromatic N) is 1. The van der Waals surface area contributed by atoms with E-state index in [1.54, 1.807) is 4.90 Å². The summed E-state index contributed by atoms with van der Waals surface area (Å²) in [4.78, 5) is 25.6. The first-order chi connectivity index (χ1) is 8.71. The molecule has 1 atom stereocenters. The summed E-state index contributed by atoms with van der Waals surface area (Å²) in [5.41, 5.74) is -0.274. The molecule has 1 fully saturated rings. The Bertz CT molecular complexity index is 334. The van der Waals surface area contributed by atoms with Crippen molar-refractivity contribution in [3.8, 4) is 0 Å². The van der Waals surface area contributed by atoms with E-state index in [1.165, 1.54) is 0 Å². The predicted octanol–water partition coefficient (Wildman–Crippen LogP) is 1.03. The lowest BCUT2D eigenvalue weighted by Gasteiger charge is -2.38. The Kier molecular flexibility index (Phi) is 5.35. The minimum absolute atomic E-state index is 0.0137. The van der Waals surface area contributed by atoms with Gasteiger partial charge in [0.25, 0.3) is 0 Å². The maximum Gasteiger partial charge on any atom is 0.246 e. The van der Waals surface area contributed by atoms with Crippen LogP contribution in [0.25, 0.3) is 0 Å². The van der Waals surface area contributed by atoms with Crippen molar-refractivity contribution in [2.24, 2.45) is 11.3 Å². The lowest BCUT2D eigenvalue weighted by molar-refractivity contribution is -0.148. The number of carbonyl (C=O) groups is 2. The Labute approximate surface area is 115 Å². The Balaban J connectivity index is 2.53. The number of rotatable bonds is 5. The minimum Gasteiger partial charge on any atom is -0.379 e. The average molecular weight is 270 g/mol. The fourth-order valence-electron chi connectivity index (χ4n) is 1.97. The molecule has 0 aliphatic carbocycles. The van der Waals surface area contributed by atoms with Gasteiger partial charge in [0.2, 0.25) is 11.8 Å². The Morgan fingerprint density at radius 2 is 2.00 bits per heavy atom. The lowest BCUT2D eigenvalue weighted by Crippen LogP contribution is -2.62. The third-order valence-corrected chi connectivity index (χ3v) is 3.02. The van der Waals surface area contributed by atoms with Crippen molar-refractivity contribution in [3.63, 3.8) is 0 Å². The second kappa shape index (κ2) is 6.37. The summed E-state index contributed by atoms with van der Waals surface area (Å²) >= 11 is 0. The molecule has 1 aliphatic rings. The fraction of sp³-hybridized carbons (Fsp3) is 0.857. The minimum atomic E-state index is -0.446. The van der Waals surface area contributed by atoms with Crippen LogP contribution in [0.3, 0.4) is 0 Å². The van der Waals surface area contributed by atoms with Gasteiger partial charge in [-0.2, -0.15) is 0 Å². The summed E-state index contributed by atoms with van der Waals surface area (Å²) in [6.45, 7) is 11.8. The number of amides is 2. The van der Waals surface area contributed by atoms with Gasteiger partial charge in [-0.05, 0) is 11.3 Å². The van der Waals surface area contributed by atoms with Gasteiger partial charge >= 0.3 is 0 Å². The summed E-state index contributed by atoms with van der Waals surface area (Å²) in [5, 5.41) is 2.77. The molecule has 0 aromatic rings. The number of carbonyl (C=O) groups excluding carboxylic acids is 2. The Morgan fingerprint density at radius 1 is 1.37 bits per heavy atom. The van der Waals surface area contributed by atoms with E-state index in [9.17, 15) is 9.59 Å². The van der Waals surface area contributed by atoms with E-state index in [4.69, 9.17) is 4.74 Å². The molecule has 1 N–H and O–H groups in total. The molecule has 1 heterocycles. The van der Waals surface area contributed by atoms with Crippen molar-refractivity contribution >= 4 is 11.8 Å². The molecule has 1 saturated heterocycles. The van der Waals surface area contributed by atoms with Gasteiger partial charge in [-0.25, -0.2) is 0 Å². The van der Waals surface area contributed by atoms with E-state index >= 15 is 0 Å². The maximum absolute atomic E-state index is 12.3. The first kappa shape index (κ1) is 16.0. The van der Waals surface area contributed by atoms with Gasteiger partial charge in [0.05, 0.1) is 13.2 Å². The van der Waals surface area contributed by atoms with Gasteiger partial charge in [-0.3, -0.25) is 9.59 Å². The summed E-state index contributed by atoms with van der Waals surface area (Å²) in [6, 6.07) is -0.446. The van der Waals surface area contributed by atoms with E-state index in [-0.39, 0.29) is 23.8 Å². The van der Waals surface area contributed by atoms with Crippen LogP contribution in [0, 0.1) is 11.3 Å². The van der Waals surface area contributed by atoms with Crippen molar-refractivity contribution < 1.29 is 14.3 Å². The van der Waals surface area contributed by atoms with Crippen LogP contribution in [0.1, 0.15) is 34.6 Å².